The van der Waals surface area contributed by atoms with Crippen LogP contribution in [0.25, 0.3) is 0 Å². The molecule has 0 aliphatic heterocycles. The van der Waals surface area contributed by atoms with Gasteiger partial charge in [-0.3, -0.25) is 0 Å². The van der Waals surface area contributed by atoms with Gasteiger partial charge in [-0.2, -0.15) is 0 Å². The fourth-order valence-electron chi connectivity index (χ4n) is 5.24. The molecule has 0 aromatic rings. The molecule has 0 aromatic heterocycles. The monoisotopic (exact) mass is 326 g/mol. The van der Waals surface area contributed by atoms with E-state index in [9.17, 15) is 0 Å². The van der Waals surface area contributed by atoms with Crippen LogP contribution >= 0.6 is 15.9 Å². The summed E-state index contributed by atoms with van der Waals surface area (Å²) in [4.78, 5) is 0.835. The Kier molecular flexibility index (Phi) is 5.28. The Morgan fingerprint density at radius 3 is 1.26 bits per heavy atom. The number of halogens is 1. The fraction of sp³-hybridized carbons (Fsp3) is 1.00. The molecule has 0 spiro atoms. The summed E-state index contributed by atoms with van der Waals surface area (Å²) >= 11 is 3.80. The Bertz CT molecular complexity index is 253. The first-order valence-corrected chi connectivity index (χ1v) is 9.88. The molecule has 3 aliphatic carbocycles. The second kappa shape index (κ2) is 6.96. The summed E-state index contributed by atoms with van der Waals surface area (Å²) in [6.07, 6.45) is 19.9. The van der Waals surface area contributed by atoms with Crippen molar-refractivity contribution in [2.45, 2.75) is 88.3 Å². The predicted molar refractivity (Wildman–Crippen MR) is 86.7 cm³/mol. The third kappa shape index (κ3) is 3.77. The third-order valence-corrected chi connectivity index (χ3v) is 7.42. The first kappa shape index (κ1) is 14.4. The van der Waals surface area contributed by atoms with Crippen molar-refractivity contribution in [3.8, 4) is 0 Å². The van der Waals surface area contributed by atoms with Gasteiger partial charge >= 0.3 is 0 Å². The van der Waals surface area contributed by atoms with Crippen molar-refractivity contribution in [3.05, 3.63) is 0 Å². The van der Waals surface area contributed by atoms with Gasteiger partial charge in [-0.1, -0.05) is 48.0 Å². The molecule has 110 valence electrons. The number of alkyl halides is 1. The second-order valence-corrected chi connectivity index (χ2v) is 8.88. The molecular weight excluding hydrogens is 296 g/mol. The van der Waals surface area contributed by atoms with E-state index in [1.54, 1.807) is 38.5 Å². The summed E-state index contributed by atoms with van der Waals surface area (Å²) < 4.78 is 0. The lowest BCUT2D eigenvalue weighted by molar-refractivity contribution is 0.124. The standard InChI is InChI=1S/C18H31Br/c19-18-12-10-17(11-13-18)16-8-6-15(7-9-16)14-4-2-1-3-5-14/h14-18H,1-13H2. The maximum Gasteiger partial charge on any atom is 0.0146 e. The number of hydrogen-bond donors (Lipinski definition) is 0. The molecule has 0 amide bonds. The van der Waals surface area contributed by atoms with Gasteiger partial charge in [0.15, 0.2) is 0 Å². The quantitative estimate of drug-likeness (QED) is 0.520. The van der Waals surface area contributed by atoms with E-state index < -0.39 is 0 Å². The zero-order valence-corrected chi connectivity index (χ0v) is 14.0. The molecule has 3 aliphatic rings. The van der Waals surface area contributed by atoms with Crippen LogP contribution in [0.2, 0.25) is 0 Å². The lowest BCUT2D eigenvalue weighted by Crippen LogP contribution is -2.29. The Morgan fingerprint density at radius 2 is 0.789 bits per heavy atom. The number of rotatable bonds is 2. The maximum absolute atomic E-state index is 3.80. The van der Waals surface area contributed by atoms with E-state index in [0.29, 0.717) is 0 Å². The molecular formula is C18H31Br. The van der Waals surface area contributed by atoms with Crippen molar-refractivity contribution < 1.29 is 0 Å². The van der Waals surface area contributed by atoms with Crippen molar-refractivity contribution >= 4 is 15.9 Å². The van der Waals surface area contributed by atoms with Gasteiger partial charge in [-0.25, -0.2) is 0 Å². The Morgan fingerprint density at radius 1 is 0.421 bits per heavy atom. The zero-order chi connectivity index (χ0) is 13.1. The van der Waals surface area contributed by atoms with Gasteiger partial charge in [-0.05, 0) is 75.0 Å². The van der Waals surface area contributed by atoms with E-state index in [2.05, 4.69) is 15.9 Å². The van der Waals surface area contributed by atoms with E-state index in [-0.39, 0.29) is 0 Å². The highest BCUT2D eigenvalue weighted by Crippen LogP contribution is 2.45. The highest BCUT2D eigenvalue weighted by Gasteiger charge is 2.33. The summed E-state index contributed by atoms with van der Waals surface area (Å²) in [6, 6.07) is 0. The van der Waals surface area contributed by atoms with Crippen molar-refractivity contribution in [1.82, 2.24) is 0 Å². The van der Waals surface area contributed by atoms with Crippen LogP contribution in [0.4, 0.5) is 0 Å². The first-order valence-electron chi connectivity index (χ1n) is 8.97. The molecule has 0 atom stereocenters. The average molecular weight is 327 g/mol. The predicted octanol–water partition coefficient (Wildman–Crippen LogP) is 6.33. The fourth-order valence-corrected chi connectivity index (χ4v) is 5.77. The first-order chi connectivity index (χ1) is 9.33. The van der Waals surface area contributed by atoms with Gasteiger partial charge in [0.25, 0.3) is 0 Å². The van der Waals surface area contributed by atoms with E-state index in [4.69, 9.17) is 0 Å². The van der Waals surface area contributed by atoms with Crippen LogP contribution < -0.4 is 0 Å². The van der Waals surface area contributed by atoms with Crippen LogP contribution in [0.3, 0.4) is 0 Å². The molecule has 1 heteroatoms. The highest BCUT2D eigenvalue weighted by atomic mass is 79.9. The van der Waals surface area contributed by atoms with Crippen LogP contribution in [-0.2, 0) is 0 Å². The lowest BCUT2D eigenvalue weighted by Gasteiger charge is -2.40. The van der Waals surface area contributed by atoms with Gasteiger partial charge in [0.2, 0.25) is 0 Å². The van der Waals surface area contributed by atoms with E-state index >= 15 is 0 Å². The summed E-state index contributed by atoms with van der Waals surface area (Å²) in [5.74, 6) is 4.41. The summed E-state index contributed by atoms with van der Waals surface area (Å²) in [6.45, 7) is 0. The van der Waals surface area contributed by atoms with E-state index in [0.717, 1.165) is 28.5 Å². The minimum absolute atomic E-state index is 0.835. The lowest BCUT2D eigenvalue weighted by atomic mass is 9.66. The molecule has 0 saturated heterocycles. The zero-order valence-electron chi connectivity index (χ0n) is 12.5. The molecule has 19 heavy (non-hydrogen) atoms. The van der Waals surface area contributed by atoms with Gasteiger partial charge < -0.3 is 0 Å². The normalized spacial score (nSPS) is 42.2. The minimum Gasteiger partial charge on any atom is -0.0891 e. The highest BCUT2D eigenvalue weighted by molar-refractivity contribution is 9.09. The largest absolute Gasteiger partial charge is 0.0891 e. The topological polar surface area (TPSA) is 0 Å². The average Bonchev–Trinajstić information content (AvgIpc) is 2.49. The second-order valence-electron chi connectivity index (χ2n) is 7.59. The molecule has 3 saturated carbocycles. The number of hydrogen-bond acceptors (Lipinski definition) is 0. The molecule has 0 unspecified atom stereocenters. The van der Waals surface area contributed by atoms with Crippen molar-refractivity contribution in [2.75, 3.05) is 0 Å². The Hall–Kier alpha value is 0.480. The summed E-state index contributed by atoms with van der Waals surface area (Å²) in [5.41, 5.74) is 0. The van der Waals surface area contributed by atoms with Crippen LogP contribution in [0, 0.1) is 23.7 Å². The van der Waals surface area contributed by atoms with Gasteiger partial charge in [0.05, 0.1) is 0 Å². The van der Waals surface area contributed by atoms with Gasteiger partial charge in [0.1, 0.15) is 0 Å². The summed E-state index contributed by atoms with van der Waals surface area (Å²) in [5, 5.41) is 0. The molecule has 0 radical (unpaired) electrons. The molecule has 0 bridgehead atoms. The van der Waals surface area contributed by atoms with Crippen LogP contribution in [0.15, 0.2) is 0 Å². The van der Waals surface area contributed by atoms with Crippen LogP contribution in [-0.4, -0.2) is 4.83 Å². The molecule has 3 fully saturated rings. The van der Waals surface area contributed by atoms with Crippen molar-refractivity contribution in [2.24, 2.45) is 23.7 Å². The van der Waals surface area contributed by atoms with Crippen molar-refractivity contribution in [1.29, 1.82) is 0 Å². The third-order valence-electron chi connectivity index (χ3n) is 6.50. The van der Waals surface area contributed by atoms with Crippen molar-refractivity contribution in [3.63, 3.8) is 0 Å². The van der Waals surface area contributed by atoms with E-state index in [1.165, 1.54) is 44.9 Å². The molecule has 0 aromatic carbocycles. The maximum atomic E-state index is 3.80. The summed E-state index contributed by atoms with van der Waals surface area (Å²) in [7, 11) is 0. The Labute approximate surface area is 128 Å². The van der Waals surface area contributed by atoms with Gasteiger partial charge in [-0.15, -0.1) is 0 Å². The van der Waals surface area contributed by atoms with Crippen LogP contribution in [0.5, 0.6) is 0 Å². The molecule has 0 N–H and O–H groups in total. The molecule has 0 heterocycles. The SMILES string of the molecule is BrC1CCC(C2CCC(C3CCCCC3)CC2)CC1. The van der Waals surface area contributed by atoms with E-state index in [1.807, 2.05) is 0 Å². The van der Waals surface area contributed by atoms with Crippen LogP contribution in [0.1, 0.15) is 83.5 Å². The van der Waals surface area contributed by atoms with Gasteiger partial charge in [0, 0.05) is 4.83 Å². The molecule has 0 nitrogen and oxygen atoms in total. The minimum atomic E-state index is 0.835. The smallest absolute Gasteiger partial charge is 0.0146 e. The molecule has 3 rings (SSSR count). The Balaban J connectivity index is 1.44.